The Morgan fingerprint density at radius 1 is 0.903 bits per heavy atom. The molecule has 5 heteroatoms. The summed E-state index contributed by atoms with van der Waals surface area (Å²) < 4.78 is 5.75. The summed E-state index contributed by atoms with van der Waals surface area (Å²) in [5.74, 6) is -0.553. The van der Waals surface area contributed by atoms with E-state index in [0.29, 0.717) is 17.9 Å². The highest BCUT2D eigenvalue weighted by atomic mass is 16.5. The van der Waals surface area contributed by atoms with Crippen LogP contribution in [-0.2, 0) is 4.79 Å². The zero-order valence-corrected chi connectivity index (χ0v) is 17.8. The summed E-state index contributed by atoms with van der Waals surface area (Å²) in [5, 5.41) is 2.89. The standard InChI is InChI=1S/C26H26N2O3/c1-3-4-17-27-25(29)18-13-15-19(16-14-18)31-26(30)24-20-9-5-7-11-22(20)28(2)23-12-8-6-10-21(23)24/h5-16,24H,3-4,17H2,1-2H3,(H,27,29). The van der Waals surface area contributed by atoms with Crippen LogP contribution in [0.1, 0.15) is 47.2 Å². The summed E-state index contributed by atoms with van der Waals surface area (Å²) >= 11 is 0. The summed E-state index contributed by atoms with van der Waals surface area (Å²) in [6.45, 7) is 2.73. The SMILES string of the molecule is CCCCNC(=O)c1ccc(OC(=O)C2c3ccccc3N(C)c3ccccc32)cc1. The number of carbonyl (C=O) groups is 2. The van der Waals surface area contributed by atoms with E-state index in [1.807, 2.05) is 55.6 Å². The number of rotatable bonds is 6. The molecule has 0 unspecified atom stereocenters. The Hall–Kier alpha value is -3.60. The number of hydrogen-bond acceptors (Lipinski definition) is 4. The van der Waals surface area contributed by atoms with Crippen molar-refractivity contribution in [2.45, 2.75) is 25.7 Å². The predicted octanol–water partition coefficient (Wildman–Crippen LogP) is 5.04. The maximum atomic E-state index is 13.3. The maximum absolute atomic E-state index is 13.3. The van der Waals surface area contributed by atoms with Gasteiger partial charge in [0.05, 0.1) is 0 Å². The second kappa shape index (κ2) is 9.04. The Morgan fingerprint density at radius 2 is 1.48 bits per heavy atom. The van der Waals surface area contributed by atoms with E-state index in [1.54, 1.807) is 24.3 Å². The Labute approximate surface area is 182 Å². The van der Waals surface area contributed by atoms with Gasteiger partial charge in [-0.1, -0.05) is 49.7 Å². The molecular weight excluding hydrogens is 388 g/mol. The molecule has 158 valence electrons. The van der Waals surface area contributed by atoms with Crippen molar-refractivity contribution in [1.29, 1.82) is 0 Å². The molecule has 3 aromatic rings. The molecule has 0 fully saturated rings. The van der Waals surface area contributed by atoms with E-state index in [9.17, 15) is 9.59 Å². The third-order valence-electron chi connectivity index (χ3n) is 5.60. The lowest BCUT2D eigenvalue weighted by Crippen LogP contribution is -2.28. The Bertz CT molecular complexity index is 1040. The number of ether oxygens (including phenoxy) is 1. The summed E-state index contributed by atoms with van der Waals surface area (Å²) in [7, 11) is 2.00. The van der Waals surface area contributed by atoms with Crippen LogP contribution >= 0.6 is 0 Å². The highest BCUT2D eigenvalue weighted by Crippen LogP contribution is 2.44. The van der Waals surface area contributed by atoms with Crippen LogP contribution in [0.2, 0.25) is 0 Å². The van der Waals surface area contributed by atoms with Gasteiger partial charge in [0.1, 0.15) is 11.7 Å². The fourth-order valence-electron chi connectivity index (χ4n) is 3.96. The van der Waals surface area contributed by atoms with E-state index in [-0.39, 0.29) is 11.9 Å². The minimum absolute atomic E-state index is 0.121. The first kappa shape index (κ1) is 20.7. The van der Waals surface area contributed by atoms with Gasteiger partial charge in [0.15, 0.2) is 0 Å². The van der Waals surface area contributed by atoms with E-state index in [1.165, 1.54) is 0 Å². The molecule has 1 heterocycles. The van der Waals surface area contributed by atoms with E-state index in [2.05, 4.69) is 17.1 Å². The molecule has 31 heavy (non-hydrogen) atoms. The molecule has 5 nitrogen and oxygen atoms in total. The predicted molar refractivity (Wildman–Crippen MR) is 122 cm³/mol. The van der Waals surface area contributed by atoms with Crippen LogP contribution in [0.5, 0.6) is 5.75 Å². The second-order valence-corrected chi connectivity index (χ2v) is 7.66. The summed E-state index contributed by atoms with van der Waals surface area (Å²) in [4.78, 5) is 27.6. The largest absolute Gasteiger partial charge is 0.426 e. The summed E-state index contributed by atoms with van der Waals surface area (Å²) in [6.07, 6.45) is 1.97. The molecule has 0 saturated heterocycles. The summed E-state index contributed by atoms with van der Waals surface area (Å²) in [5.41, 5.74) is 4.36. The van der Waals surface area contributed by atoms with Crippen LogP contribution in [0.3, 0.4) is 0 Å². The molecular formula is C26H26N2O3. The van der Waals surface area contributed by atoms with Crippen LogP contribution in [-0.4, -0.2) is 25.5 Å². The van der Waals surface area contributed by atoms with Gasteiger partial charge in [-0.25, -0.2) is 0 Å². The van der Waals surface area contributed by atoms with Gasteiger partial charge in [0.2, 0.25) is 0 Å². The Kier molecular flexibility index (Phi) is 6.03. The van der Waals surface area contributed by atoms with Gasteiger partial charge in [0, 0.05) is 30.5 Å². The van der Waals surface area contributed by atoms with Crippen LogP contribution in [0.25, 0.3) is 0 Å². The molecule has 1 amide bonds. The monoisotopic (exact) mass is 414 g/mol. The number of unbranched alkanes of at least 4 members (excludes halogenated alkanes) is 1. The lowest BCUT2D eigenvalue weighted by atomic mass is 9.85. The second-order valence-electron chi connectivity index (χ2n) is 7.66. The number of hydrogen-bond donors (Lipinski definition) is 1. The quantitative estimate of drug-likeness (QED) is 0.349. The van der Waals surface area contributed by atoms with E-state index < -0.39 is 5.92 Å². The van der Waals surface area contributed by atoms with Crippen molar-refractivity contribution in [2.75, 3.05) is 18.5 Å². The fourth-order valence-corrected chi connectivity index (χ4v) is 3.96. The smallest absolute Gasteiger partial charge is 0.323 e. The number of carbonyl (C=O) groups excluding carboxylic acids is 2. The number of nitrogens with zero attached hydrogens (tertiary/aromatic N) is 1. The van der Waals surface area contributed by atoms with Crippen molar-refractivity contribution in [3.05, 3.63) is 89.5 Å². The minimum atomic E-state index is -0.513. The molecule has 3 aromatic carbocycles. The molecule has 0 spiro atoms. The van der Waals surface area contributed by atoms with E-state index >= 15 is 0 Å². The molecule has 4 rings (SSSR count). The highest BCUT2D eigenvalue weighted by Gasteiger charge is 2.34. The average Bonchev–Trinajstić information content (AvgIpc) is 2.80. The van der Waals surface area contributed by atoms with E-state index in [0.717, 1.165) is 35.3 Å². The first-order chi connectivity index (χ1) is 15.1. The van der Waals surface area contributed by atoms with Gasteiger partial charge < -0.3 is 15.0 Å². The molecule has 1 N–H and O–H groups in total. The molecule has 1 aliphatic rings. The number of fused-ring (bicyclic) bond motifs is 2. The topological polar surface area (TPSA) is 58.6 Å². The van der Waals surface area contributed by atoms with Crippen molar-refractivity contribution < 1.29 is 14.3 Å². The lowest BCUT2D eigenvalue weighted by molar-refractivity contribution is -0.135. The van der Waals surface area contributed by atoms with Gasteiger partial charge in [-0.3, -0.25) is 9.59 Å². The van der Waals surface area contributed by atoms with Gasteiger partial charge in [-0.05, 0) is 53.9 Å². The van der Waals surface area contributed by atoms with Gasteiger partial charge in [-0.15, -0.1) is 0 Å². The van der Waals surface area contributed by atoms with Gasteiger partial charge >= 0.3 is 5.97 Å². The number of anilines is 2. The minimum Gasteiger partial charge on any atom is -0.426 e. The number of para-hydroxylation sites is 2. The van der Waals surface area contributed by atoms with Gasteiger partial charge in [0.25, 0.3) is 5.91 Å². The van der Waals surface area contributed by atoms with E-state index in [4.69, 9.17) is 4.74 Å². The maximum Gasteiger partial charge on any atom is 0.323 e. The number of amides is 1. The van der Waals surface area contributed by atoms with Crippen molar-refractivity contribution in [2.24, 2.45) is 0 Å². The fraction of sp³-hybridized carbons (Fsp3) is 0.231. The third-order valence-corrected chi connectivity index (χ3v) is 5.60. The third kappa shape index (κ3) is 4.17. The molecule has 0 aromatic heterocycles. The highest BCUT2D eigenvalue weighted by molar-refractivity contribution is 5.95. The first-order valence-corrected chi connectivity index (χ1v) is 10.6. The van der Waals surface area contributed by atoms with Gasteiger partial charge in [-0.2, -0.15) is 0 Å². The zero-order chi connectivity index (χ0) is 21.8. The normalized spacial score (nSPS) is 12.6. The molecule has 0 atom stereocenters. The van der Waals surface area contributed by atoms with Crippen LogP contribution in [0.15, 0.2) is 72.8 Å². The Balaban J connectivity index is 1.55. The molecule has 1 aliphatic heterocycles. The van der Waals surface area contributed by atoms with Crippen molar-refractivity contribution in [1.82, 2.24) is 5.32 Å². The average molecular weight is 415 g/mol. The van der Waals surface area contributed by atoms with Crippen molar-refractivity contribution in [3.63, 3.8) is 0 Å². The number of benzene rings is 3. The number of nitrogens with one attached hydrogen (secondary N) is 1. The summed E-state index contributed by atoms with van der Waals surface area (Å²) in [6, 6.07) is 22.5. The molecule has 0 aliphatic carbocycles. The molecule has 0 saturated carbocycles. The first-order valence-electron chi connectivity index (χ1n) is 10.6. The van der Waals surface area contributed by atoms with Crippen molar-refractivity contribution >= 4 is 23.3 Å². The van der Waals surface area contributed by atoms with Crippen LogP contribution < -0.4 is 15.0 Å². The molecule has 0 bridgehead atoms. The van der Waals surface area contributed by atoms with Crippen LogP contribution in [0, 0.1) is 0 Å². The molecule has 0 radical (unpaired) electrons. The zero-order valence-electron chi connectivity index (χ0n) is 17.8. The van der Waals surface area contributed by atoms with Crippen molar-refractivity contribution in [3.8, 4) is 5.75 Å². The lowest BCUT2D eigenvalue weighted by Gasteiger charge is -2.34. The Morgan fingerprint density at radius 3 is 2.06 bits per heavy atom. The van der Waals surface area contributed by atoms with Crippen LogP contribution in [0.4, 0.5) is 11.4 Å². The number of esters is 1.